The summed E-state index contributed by atoms with van der Waals surface area (Å²) >= 11 is 0. The van der Waals surface area contributed by atoms with E-state index < -0.39 is 12.1 Å². The van der Waals surface area contributed by atoms with Gasteiger partial charge < -0.3 is 5.11 Å². The van der Waals surface area contributed by atoms with Gasteiger partial charge in [0.1, 0.15) is 0 Å². The van der Waals surface area contributed by atoms with Gasteiger partial charge in [-0.15, -0.1) is 0 Å². The molecule has 0 atom stereocenters. The fourth-order valence-electron chi connectivity index (χ4n) is 0. The van der Waals surface area contributed by atoms with E-state index in [1.165, 1.54) is 0 Å². The van der Waals surface area contributed by atoms with Gasteiger partial charge in [0.25, 0.3) is 0 Å². The van der Waals surface area contributed by atoms with E-state index in [4.69, 9.17) is 9.90 Å². The first-order chi connectivity index (χ1) is 2.94. The summed E-state index contributed by atoms with van der Waals surface area (Å²) in [6.45, 7) is 0. The van der Waals surface area contributed by atoms with Gasteiger partial charge >= 0.3 is 31.0 Å². The molecule has 0 rings (SSSR count). The number of aliphatic carboxylic acids is 1. The van der Waals surface area contributed by atoms with Crippen LogP contribution in [0, 0.1) is 0 Å². The van der Waals surface area contributed by atoms with Gasteiger partial charge in [-0.05, 0) is 0 Å². The first kappa shape index (κ1) is 10.8. The maximum atomic E-state index is 10.6. The van der Waals surface area contributed by atoms with Crippen LogP contribution in [0.5, 0.6) is 0 Å². The quantitative estimate of drug-likeness (QED) is 0.458. The number of halogens is 3. The summed E-state index contributed by atoms with van der Waals surface area (Å²) in [7, 11) is 0. The van der Waals surface area contributed by atoms with Gasteiger partial charge in [-0.3, -0.25) is 0 Å². The second-order valence-electron chi connectivity index (χ2n) is 0.803. The first-order valence-corrected chi connectivity index (χ1v) is 1.24. The van der Waals surface area contributed by atoms with Crippen LogP contribution in [-0.2, 0) is 4.79 Å². The number of hydrogen-bond donors (Lipinski definition) is 1. The van der Waals surface area contributed by atoms with E-state index >= 15 is 0 Å². The van der Waals surface area contributed by atoms with Crippen LogP contribution >= 0.6 is 0 Å². The molecule has 0 aliphatic heterocycles. The Labute approximate surface area is 54.9 Å². The van der Waals surface area contributed by atoms with Gasteiger partial charge in [-0.2, -0.15) is 13.2 Å². The number of carboxylic acid groups (broad SMARTS) is 1. The van der Waals surface area contributed by atoms with Crippen molar-refractivity contribution < 1.29 is 23.1 Å². The number of carbonyl (C=O) groups is 1. The molecule has 0 aromatic heterocycles. The van der Waals surface area contributed by atoms with Crippen molar-refractivity contribution in [3.8, 4) is 0 Å². The van der Waals surface area contributed by atoms with Crippen molar-refractivity contribution in [3.63, 3.8) is 0 Å². The van der Waals surface area contributed by atoms with E-state index in [9.17, 15) is 13.2 Å². The molecule has 0 aromatic rings. The van der Waals surface area contributed by atoms with Crippen molar-refractivity contribution in [1.29, 1.82) is 0 Å². The summed E-state index contributed by atoms with van der Waals surface area (Å²) in [6, 6.07) is 0. The van der Waals surface area contributed by atoms with E-state index in [1.54, 1.807) is 0 Å². The maximum absolute atomic E-state index is 10.6. The van der Waals surface area contributed by atoms with E-state index in [0.717, 1.165) is 0 Å². The molecule has 0 radical (unpaired) electrons. The Morgan fingerprint density at radius 1 is 1.38 bits per heavy atom. The van der Waals surface area contributed by atoms with Gasteiger partial charge in [-0.25, -0.2) is 4.79 Å². The van der Waals surface area contributed by atoms with Crippen LogP contribution in [0.4, 0.5) is 13.2 Å². The van der Waals surface area contributed by atoms with Crippen molar-refractivity contribution in [2.24, 2.45) is 0 Å². The standard InChI is InChI=1S/C2HF3O2.Li.H/c3-2(4,5)1(6)7;;/h(H,6,7);;. The van der Waals surface area contributed by atoms with Crippen LogP contribution in [0.25, 0.3) is 0 Å². The second kappa shape index (κ2) is 3.00. The van der Waals surface area contributed by atoms with Gasteiger partial charge in [-0.1, -0.05) is 0 Å². The van der Waals surface area contributed by atoms with Crippen LogP contribution in [0.3, 0.4) is 0 Å². The molecule has 0 heterocycles. The molecule has 0 spiro atoms. The van der Waals surface area contributed by atoms with E-state index in [-0.39, 0.29) is 18.9 Å². The van der Waals surface area contributed by atoms with E-state index in [2.05, 4.69) is 0 Å². The third-order valence-corrected chi connectivity index (χ3v) is 0.243. The number of hydrogen-bond acceptors (Lipinski definition) is 1. The molecular formula is C2H2F3LiO2. The molecular weight excluding hydrogens is 120 g/mol. The number of carboxylic acids is 1. The van der Waals surface area contributed by atoms with Crippen LogP contribution in [-0.4, -0.2) is 36.1 Å². The molecule has 2 nitrogen and oxygen atoms in total. The van der Waals surface area contributed by atoms with E-state index in [1.807, 2.05) is 0 Å². The molecule has 0 saturated heterocycles. The zero-order valence-corrected chi connectivity index (χ0v) is 2.99. The van der Waals surface area contributed by atoms with Crippen LogP contribution in [0.15, 0.2) is 0 Å². The van der Waals surface area contributed by atoms with Crippen LogP contribution < -0.4 is 0 Å². The molecule has 44 valence electrons. The van der Waals surface area contributed by atoms with Crippen molar-refractivity contribution in [2.75, 3.05) is 0 Å². The number of rotatable bonds is 0. The van der Waals surface area contributed by atoms with Gasteiger partial charge in [0.05, 0.1) is 0 Å². The predicted octanol–water partition coefficient (Wildman–Crippen LogP) is -0.0152. The molecule has 0 unspecified atom stereocenters. The average Bonchev–Trinajstić information content (AvgIpc) is 1.31. The SMILES string of the molecule is O=C(O)C(F)(F)F.[LiH]. The Morgan fingerprint density at radius 2 is 1.50 bits per heavy atom. The molecule has 0 amide bonds. The molecule has 0 aliphatic rings. The van der Waals surface area contributed by atoms with Crippen molar-refractivity contribution in [3.05, 3.63) is 0 Å². The number of alkyl halides is 3. The van der Waals surface area contributed by atoms with Crippen LogP contribution in [0.2, 0.25) is 0 Å². The molecule has 0 saturated carbocycles. The summed E-state index contributed by atoms with van der Waals surface area (Å²) < 4.78 is 31.7. The third kappa shape index (κ3) is 4.03. The molecule has 8 heavy (non-hydrogen) atoms. The fraction of sp³-hybridized carbons (Fsp3) is 0.500. The minimum absolute atomic E-state index is 0. The Morgan fingerprint density at radius 3 is 1.50 bits per heavy atom. The Kier molecular flexibility index (Phi) is 4.04. The third-order valence-electron chi connectivity index (χ3n) is 0.243. The van der Waals surface area contributed by atoms with Gasteiger partial charge in [0, 0.05) is 0 Å². The molecule has 0 aliphatic carbocycles. The minimum atomic E-state index is -5.08. The van der Waals surface area contributed by atoms with E-state index in [0.29, 0.717) is 0 Å². The summed E-state index contributed by atoms with van der Waals surface area (Å²) in [5.41, 5.74) is 0. The van der Waals surface area contributed by atoms with Crippen molar-refractivity contribution in [2.45, 2.75) is 6.18 Å². The normalized spacial score (nSPS) is 9.88. The molecule has 0 aromatic carbocycles. The predicted molar refractivity (Wildman–Crippen MR) is 20.8 cm³/mol. The Hall–Kier alpha value is -0.143. The van der Waals surface area contributed by atoms with Crippen molar-refractivity contribution >= 4 is 24.8 Å². The zero-order chi connectivity index (χ0) is 6.08. The van der Waals surface area contributed by atoms with Gasteiger partial charge in [0.15, 0.2) is 0 Å². The Bertz CT molecular complexity index is 87.8. The molecule has 1 N–H and O–H groups in total. The monoisotopic (exact) mass is 122 g/mol. The average molecular weight is 122 g/mol. The summed E-state index contributed by atoms with van der Waals surface area (Å²) in [6.07, 6.45) is -5.08. The molecule has 0 bridgehead atoms. The summed E-state index contributed by atoms with van der Waals surface area (Å²) in [5, 5.41) is 7.12. The Balaban J connectivity index is 0. The first-order valence-electron chi connectivity index (χ1n) is 1.24. The molecule has 0 fully saturated rings. The fourth-order valence-corrected chi connectivity index (χ4v) is 0. The summed E-state index contributed by atoms with van der Waals surface area (Å²) in [4.78, 5) is 8.90. The van der Waals surface area contributed by atoms with Crippen LogP contribution in [0.1, 0.15) is 0 Å². The second-order valence-corrected chi connectivity index (χ2v) is 0.803. The van der Waals surface area contributed by atoms with Gasteiger partial charge in [0.2, 0.25) is 0 Å². The zero-order valence-electron chi connectivity index (χ0n) is 2.99. The molecule has 6 heteroatoms. The summed E-state index contributed by atoms with van der Waals surface area (Å²) in [5.74, 6) is -2.76. The van der Waals surface area contributed by atoms with Crippen molar-refractivity contribution in [1.82, 2.24) is 0 Å². The topological polar surface area (TPSA) is 37.3 Å².